The summed E-state index contributed by atoms with van der Waals surface area (Å²) in [6.07, 6.45) is 2.55. The molecule has 0 saturated heterocycles. The van der Waals surface area contributed by atoms with Gasteiger partial charge in [-0.2, -0.15) is 9.97 Å². The second-order valence-corrected chi connectivity index (χ2v) is 4.43. The number of nitrogens with zero attached hydrogens (tertiary/aromatic N) is 4. The summed E-state index contributed by atoms with van der Waals surface area (Å²) in [6.45, 7) is 3.07. The van der Waals surface area contributed by atoms with Gasteiger partial charge in [0.15, 0.2) is 11.5 Å². The van der Waals surface area contributed by atoms with E-state index in [1.807, 2.05) is 0 Å². The Kier molecular flexibility index (Phi) is 4.34. The van der Waals surface area contributed by atoms with Crippen molar-refractivity contribution in [2.45, 2.75) is 13.3 Å². The molecule has 20 heavy (non-hydrogen) atoms. The van der Waals surface area contributed by atoms with E-state index in [4.69, 9.17) is 0 Å². The number of likely N-dealkylation sites (N-methyl/N-ethyl adjacent to an activating group) is 2. The Morgan fingerprint density at radius 2 is 2.25 bits per heavy atom. The van der Waals surface area contributed by atoms with Crippen LogP contribution in [-0.2, 0) is 4.79 Å². The molecule has 1 amide bonds. The van der Waals surface area contributed by atoms with E-state index in [0.717, 1.165) is 18.5 Å². The van der Waals surface area contributed by atoms with Crippen molar-refractivity contribution in [1.29, 1.82) is 0 Å². The van der Waals surface area contributed by atoms with Crippen molar-refractivity contribution >= 4 is 28.8 Å². The number of rotatable bonds is 6. The van der Waals surface area contributed by atoms with Crippen molar-refractivity contribution < 1.29 is 4.79 Å². The van der Waals surface area contributed by atoms with Crippen LogP contribution in [0.25, 0.3) is 11.2 Å². The predicted octanol–water partition coefficient (Wildman–Crippen LogP) is 0.357. The number of aromatic nitrogens is 4. The van der Waals surface area contributed by atoms with Gasteiger partial charge in [0.2, 0.25) is 11.9 Å². The molecule has 0 radical (unpaired) electrons. The van der Waals surface area contributed by atoms with E-state index in [2.05, 4.69) is 37.5 Å². The fraction of sp³-hybridized carbons (Fsp3) is 0.500. The molecular formula is C12H19N7O. The van der Waals surface area contributed by atoms with Crippen LogP contribution in [0.4, 0.5) is 11.8 Å². The van der Waals surface area contributed by atoms with Crippen molar-refractivity contribution in [3.63, 3.8) is 0 Å². The van der Waals surface area contributed by atoms with Gasteiger partial charge in [-0.15, -0.1) is 0 Å². The fourth-order valence-corrected chi connectivity index (χ4v) is 1.78. The number of carbonyl (C=O) groups excluding carboxylic acids is 1. The average Bonchev–Trinajstić information content (AvgIpc) is 2.92. The minimum Gasteiger partial charge on any atom is -0.358 e. The van der Waals surface area contributed by atoms with E-state index in [1.54, 1.807) is 25.3 Å². The maximum atomic E-state index is 11.5. The zero-order valence-corrected chi connectivity index (χ0v) is 11.9. The first kappa shape index (κ1) is 14.0. The standard InChI is InChI=1S/C12H19N7O/c1-4-5-14-12-17-10-9(15-7-16-10)11(18-12)19(3)6-8(20)13-2/h7H,4-6H2,1-3H3,(H,13,20)(H2,14,15,16,17,18). The van der Waals surface area contributed by atoms with E-state index in [0.29, 0.717) is 17.4 Å². The van der Waals surface area contributed by atoms with Gasteiger partial charge in [-0.3, -0.25) is 4.79 Å². The van der Waals surface area contributed by atoms with Gasteiger partial charge in [-0.25, -0.2) is 4.98 Å². The highest BCUT2D eigenvalue weighted by Gasteiger charge is 2.15. The maximum Gasteiger partial charge on any atom is 0.239 e. The summed E-state index contributed by atoms with van der Waals surface area (Å²) in [5, 5.41) is 5.73. The lowest BCUT2D eigenvalue weighted by atomic mass is 10.4. The zero-order chi connectivity index (χ0) is 14.5. The molecule has 3 N–H and O–H groups in total. The maximum absolute atomic E-state index is 11.5. The van der Waals surface area contributed by atoms with Crippen molar-refractivity contribution in [3.8, 4) is 0 Å². The largest absolute Gasteiger partial charge is 0.358 e. The van der Waals surface area contributed by atoms with Crippen LogP contribution in [-0.4, -0.2) is 53.0 Å². The first-order valence-corrected chi connectivity index (χ1v) is 6.52. The molecule has 8 heteroatoms. The van der Waals surface area contributed by atoms with Gasteiger partial charge in [-0.1, -0.05) is 6.92 Å². The lowest BCUT2D eigenvalue weighted by Gasteiger charge is -2.18. The summed E-state index contributed by atoms with van der Waals surface area (Å²) in [6, 6.07) is 0. The van der Waals surface area contributed by atoms with Gasteiger partial charge >= 0.3 is 0 Å². The number of nitrogens with one attached hydrogen (secondary N) is 3. The molecule has 0 atom stereocenters. The van der Waals surface area contributed by atoms with E-state index in [1.165, 1.54) is 0 Å². The van der Waals surface area contributed by atoms with Crippen molar-refractivity contribution in [2.75, 3.05) is 37.4 Å². The van der Waals surface area contributed by atoms with Crippen LogP contribution in [0.5, 0.6) is 0 Å². The second kappa shape index (κ2) is 6.18. The van der Waals surface area contributed by atoms with E-state index >= 15 is 0 Å². The number of aromatic amines is 1. The second-order valence-electron chi connectivity index (χ2n) is 4.43. The molecule has 0 aliphatic rings. The lowest BCUT2D eigenvalue weighted by Crippen LogP contribution is -2.33. The first-order valence-electron chi connectivity index (χ1n) is 6.52. The van der Waals surface area contributed by atoms with Crippen molar-refractivity contribution in [2.24, 2.45) is 0 Å². The molecule has 2 aromatic rings. The zero-order valence-electron chi connectivity index (χ0n) is 11.9. The van der Waals surface area contributed by atoms with Gasteiger partial charge in [-0.05, 0) is 6.42 Å². The van der Waals surface area contributed by atoms with Gasteiger partial charge in [0.1, 0.15) is 5.52 Å². The predicted molar refractivity (Wildman–Crippen MR) is 77.8 cm³/mol. The van der Waals surface area contributed by atoms with Crippen molar-refractivity contribution in [1.82, 2.24) is 25.3 Å². The molecule has 0 bridgehead atoms. The minimum absolute atomic E-state index is 0.0816. The van der Waals surface area contributed by atoms with Crippen LogP contribution < -0.4 is 15.5 Å². The molecule has 0 aliphatic carbocycles. The number of fused-ring (bicyclic) bond motifs is 1. The fourth-order valence-electron chi connectivity index (χ4n) is 1.78. The normalized spacial score (nSPS) is 10.6. The minimum atomic E-state index is -0.0816. The molecule has 0 spiro atoms. The molecule has 0 aromatic carbocycles. The quantitative estimate of drug-likeness (QED) is 0.705. The summed E-state index contributed by atoms with van der Waals surface area (Å²) in [5.41, 5.74) is 1.30. The third-order valence-electron chi connectivity index (χ3n) is 2.82. The molecule has 0 aliphatic heterocycles. The number of imidazole rings is 1. The Morgan fingerprint density at radius 1 is 1.45 bits per heavy atom. The third kappa shape index (κ3) is 2.95. The van der Waals surface area contributed by atoms with Crippen molar-refractivity contribution in [3.05, 3.63) is 6.33 Å². The number of amides is 1. The molecule has 2 rings (SSSR count). The topological polar surface area (TPSA) is 98.8 Å². The third-order valence-corrected chi connectivity index (χ3v) is 2.82. The van der Waals surface area contributed by atoms with Crippen LogP contribution in [0.15, 0.2) is 6.33 Å². The lowest BCUT2D eigenvalue weighted by molar-refractivity contribution is -0.119. The molecular weight excluding hydrogens is 258 g/mol. The summed E-state index contributed by atoms with van der Waals surface area (Å²) in [7, 11) is 3.41. The Labute approximate surface area is 117 Å². The van der Waals surface area contributed by atoms with Gasteiger partial charge in [0.25, 0.3) is 0 Å². The highest BCUT2D eigenvalue weighted by Crippen LogP contribution is 2.21. The molecule has 8 nitrogen and oxygen atoms in total. The highest BCUT2D eigenvalue weighted by atomic mass is 16.1. The van der Waals surface area contributed by atoms with Gasteiger partial charge < -0.3 is 20.5 Å². The summed E-state index contributed by atoms with van der Waals surface area (Å²) in [4.78, 5) is 29.2. The molecule has 0 unspecified atom stereocenters. The van der Waals surface area contributed by atoms with Crippen LogP contribution >= 0.6 is 0 Å². The number of anilines is 2. The number of H-pyrrole nitrogens is 1. The summed E-state index contributed by atoms with van der Waals surface area (Å²) >= 11 is 0. The SMILES string of the molecule is CCCNc1nc(N(C)CC(=O)NC)c2[nH]cnc2n1. The molecule has 0 fully saturated rings. The van der Waals surface area contributed by atoms with E-state index in [-0.39, 0.29) is 12.5 Å². The molecule has 108 valence electrons. The van der Waals surface area contributed by atoms with Crippen LogP contribution in [0, 0.1) is 0 Å². The Balaban J connectivity index is 2.33. The smallest absolute Gasteiger partial charge is 0.239 e. The molecule has 2 heterocycles. The van der Waals surface area contributed by atoms with E-state index < -0.39 is 0 Å². The Bertz CT molecular complexity index is 595. The van der Waals surface area contributed by atoms with Gasteiger partial charge in [0.05, 0.1) is 12.9 Å². The molecule has 2 aromatic heterocycles. The van der Waals surface area contributed by atoms with Crippen LogP contribution in [0.3, 0.4) is 0 Å². The summed E-state index contributed by atoms with van der Waals surface area (Å²) in [5.74, 6) is 1.08. The number of hydrogen-bond donors (Lipinski definition) is 3. The van der Waals surface area contributed by atoms with Crippen LogP contribution in [0.1, 0.15) is 13.3 Å². The van der Waals surface area contributed by atoms with E-state index in [9.17, 15) is 4.79 Å². The number of carbonyl (C=O) groups is 1. The highest BCUT2D eigenvalue weighted by molar-refractivity contribution is 5.87. The Hall–Kier alpha value is -2.38. The summed E-state index contributed by atoms with van der Waals surface area (Å²) < 4.78 is 0. The van der Waals surface area contributed by atoms with Crippen LogP contribution in [0.2, 0.25) is 0 Å². The van der Waals surface area contributed by atoms with Gasteiger partial charge in [0, 0.05) is 20.6 Å². The number of hydrogen-bond acceptors (Lipinski definition) is 6. The average molecular weight is 277 g/mol. The Morgan fingerprint density at radius 3 is 2.95 bits per heavy atom. The first-order chi connectivity index (χ1) is 9.65. The molecule has 0 saturated carbocycles. The monoisotopic (exact) mass is 277 g/mol.